The van der Waals surface area contributed by atoms with Gasteiger partial charge in [-0.15, -0.1) is 0 Å². The number of aromatic nitrogens is 4. The Morgan fingerprint density at radius 1 is 1.18 bits per heavy atom. The molecule has 0 amide bonds. The first-order valence-corrected chi connectivity index (χ1v) is 7.28. The van der Waals surface area contributed by atoms with E-state index in [-0.39, 0.29) is 5.92 Å². The molecule has 1 aromatic carbocycles. The van der Waals surface area contributed by atoms with Gasteiger partial charge in [-0.3, -0.25) is 14.3 Å². The topological polar surface area (TPSA) is 72.7 Å². The van der Waals surface area contributed by atoms with E-state index in [9.17, 15) is 9.59 Å². The van der Waals surface area contributed by atoms with Crippen molar-refractivity contribution in [3.05, 3.63) is 63.1 Å². The zero-order valence-corrected chi connectivity index (χ0v) is 12.6. The van der Waals surface area contributed by atoms with Crippen LogP contribution in [0.3, 0.4) is 0 Å². The highest BCUT2D eigenvalue weighted by Gasteiger charge is 2.14. The molecular formula is C16H18N4O2. The van der Waals surface area contributed by atoms with E-state index in [2.05, 4.69) is 9.97 Å². The van der Waals surface area contributed by atoms with Gasteiger partial charge in [0.25, 0.3) is 5.56 Å². The van der Waals surface area contributed by atoms with Crippen LogP contribution in [-0.2, 0) is 13.1 Å². The summed E-state index contributed by atoms with van der Waals surface area (Å²) in [6.07, 6.45) is 1.61. The van der Waals surface area contributed by atoms with Crippen LogP contribution < -0.4 is 11.2 Å². The van der Waals surface area contributed by atoms with Crippen molar-refractivity contribution >= 4 is 11.2 Å². The van der Waals surface area contributed by atoms with Gasteiger partial charge in [-0.05, 0) is 11.5 Å². The number of nitrogens with one attached hydrogen (secondary N) is 1. The van der Waals surface area contributed by atoms with Gasteiger partial charge < -0.3 is 4.57 Å². The van der Waals surface area contributed by atoms with E-state index in [1.165, 1.54) is 4.57 Å². The fourth-order valence-corrected chi connectivity index (χ4v) is 2.56. The molecule has 0 radical (unpaired) electrons. The van der Waals surface area contributed by atoms with Crippen molar-refractivity contribution < 1.29 is 0 Å². The summed E-state index contributed by atoms with van der Waals surface area (Å²) in [7, 11) is 0. The Kier molecular flexibility index (Phi) is 3.66. The molecule has 0 aliphatic rings. The first kappa shape index (κ1) is 14.3. The highest BCUT2D eigenvalue weighted by atomic mass is 16.2. The normalized spacial score (nSPS) is 11.4. The van der Waals surface area contributed by atoms with Crippen molar-refractivity contribution in [2.75, 3.05) is 0 Å². The number of imidazole rings is 1. The lowest BCUT2D eigenvalue weighted by molar-refractivity contribution is 0.513. The van der Waals surface area contributed by atoms with E-state index in [4.69, 9.17) is 0 Å². The van der Waals surface area contributed by atoms with E-state index in [1.54, 1.807) is 10.9 Å². The van der Waals surface area contributed by atoms with Gasteiger partial charge in [-0.1, -0.05) is 44.2 Å². The molecule has 2 aromatic heterocycles. The molecule has 0 spiro atoms. The molecule has 6 heteroatoms. The molecule has 6 nitrogen and oxygen atoms in total. The predicted molar refractivity (Wildman–Crippen MR) is 85.0 cm³/mol. The summed E-state index contributed by atoms with van der Waals surface area (Å²) >= 11 is 0. The molecule has 0 aliphatic carbocycles. The van der Waals surface area contributed by atoms with Crippen LogP contribution in [0, 0.1) is 5.92 Å². The maximum absolute atomic E-state index is 12.2. The Morgan fingerprint density at radius 2 is 1.91 bits per heavy atom. The van der Waals surface area contributed by atoms with Crippen molar-refractivity contribution in [1.82, 2.24) is 19.1 Å². The molecule has 0 unspecified atom stereocenters. The van der Waals surface area contributed by atoms with Crippen LogP contribution in [0.5, 0.6) is 0 Å². The standard InChI is InChI=1S/C16H18N4O2/c1-11(2)8-20-14-13(15(21)18-16(20)22)19(10-17-14)9-12-6-4-3-5-7-12/h3-7,10-11H,8-9H2,1-2H3,(H,18,21,22). The number of H-pyrrole nitrogens is 1. The van der Waals surface area contributed by atoms with E-state index in [0.29, 0.717) is 24.3 Å². The van der Waals surface area contributed by atoms with Gasteiger partial charge in [0.1, 0.15) is 0 Å². The van der Waals surface area contributed by atoms with Gasteiger partial charge in [0.05, 0.1) is 6.33 Å². The van der Waals surface area contributed by atoms with E-state index in [1.807, 2.05) is 44.2 Å². The smallest absolute Gasteiger partial charge is 0.320 e. The first-order chi connectivity index (χ1) is 10.6. The van der Waals surface area contributed by atoms with Gasteiger partial charge in [0.2, 0.25) is 0 Å². The first-order valence-electron chi connectivity index (χ1n) is 7.28. The molecule has 3 aromatic rings. The van der Waals surface area contributed by atoms with Crippen LogP contribution in [-0.4, -0.2) is 19.1 Å². The quantitative estimate of drug-likeness (QED) is 0.795. The summed E-state index contributed by atoms with van der Waals surface area (Å²) in [5.41, 5.74) is 1.15. The Balaban J connectivity index is 2.14. The monoisotopic (exact) mass is 298 g/mol. The number of aromatic amines is 1. The highest BCUT2D eigenvalue weighted by molar-refractivity contribution is 5.70. The van der Waals surface area contributed by atoms with Gasteiger partial charge >= 0.3 is 5.69 Å². The van der Waals surface area contributed by atoms with Crippen LogP contribution in [0.1, 0.15) is 19.4 Å². The third-order valence-electron chi connectivity index (χ3n) is 3.50. The molecule has 2 heterocycles. The number of fused-ring (bicyclic) bond motifs is 1. The number of hydrogen-bond donors (Lipinski definition) is 1. The number of rotatable bonds is 4. The van der Waals surface area contributed by atoms with Crippen LogP contribution in [0.4, 0.5) is 0 Å². The van der Waals surface area contributed by atoms with Gasteiger partial charge in [0.15, 0.2) is 11.2 Å². The Bertz CT molecular complexity index is 903. The molecular weight excluding hydrogens is 280 g/mol. The molecule has 3 rings (SSSR count). The summed E-state index contributed by atoms with van der Waals surface area (Å²) in [4.78, 5) is 30.9. The van der Waals surface area contributed by atoms with Crippen molar-refractivity contribution in [3.63, 3.8) is 0 Å². The molecule has 22 heavy (non-hydrogen) atoms. The molecule has 114 valence electrons. The summed E-state index contributed by atoms with van der Waals surface area (Å²) in [5, 5.41) is 0. The van der Waals surface area contributed by atoms with Gasteiger partial charge in [-0.2, -0.15) is 0 Å². The minimum absolute atomic E-state index is 0.283. The van der Waals surface area contributed by atoms with Crippen LogP contribution >= 0.6 is 0 Å². The number of nitrogens with zero attached hydrogens (tertiary/aromatic N) is 3. The Labute approximate surface area is 127 Å². The fourth-order valence-electron chi connectivity index (χ4n) is 2.56. The van der Waals surface area contributed by atoms with E-state index < -0.39 is 11.2 Å². The molecule has 0 fully saturated rings. The van der Waals surface area contributed by atoms with Crippen molar-refractivity contribution in [2.24, 2.45) is 5.92 Å². The molecule has 0 bridgehead atoms. The van der Waals surface area contributed by atoms with Crippen LogP contribution in [0.2, 0.25) is 0 Å². The van der Waals surface area contributed by atoms with E-state index in [0.717, 1.165) is 5.56 Å². The van der Waals surface area contributed by atoms with E-state index >= 15 is 0 Å². The average molecular weight is 298 g/mol. The SMILES string of the molecule is CC(C)Cn1c(=O)[nH]c(=O)c2c1ncn2Cc1ccccc1. The lowest BCUT2D eigenvalue weighted by atomic mass is 10.2. The molecule has 0 saturated carbocycles. The zero-order chi connectivity index (χ0) is 15.7. The van der Waals surface area contributed by atoms with Gasteiger partial charge in [-0.25, -0.2) is 9.78 Å². The lowest BCUT2D eigenvalue weighted by Crippen LogP contribution is -2.32. The second-order valence-electron chi connectivity index (χ2n) is 5.79. The molecule has 1 N–H and O–H groups in total. The Morgan fingerprint density at radius 3 is 2.59 bits per heavy atom. The summed E-state index contributed by atoms with van der Waals surface area (Å²) in [6, 6.07) is 9.83. The average Bonchev–Trinajstić information content (AvgIpc) is 2.88. The van der Waals surface area contributed by atoms with Crippen molar-refractivity contribution in [1.29, 1.82) is 0 Å². The summed E-state index contributed by atoms with van der Waals surface area (Å²) < 4.78 is 3.31. The molecule has 0 aliphatic heterocycles. The Hall–Kier alpha value is -2.63. The zero-order valence-electron chi connectivity index (χ0n) is 12.6. The van der Waals surface area contributed by atoms with Crippen LogP contribution in [0.15, 0.2) is 46.2 Å². The molecule has 0 atom stereocenters. The number of benzene rings is 1. The third-order valence-corrected chi connectivity index (χ3v) is 3.50. The van der Waals surface area contributed by atoms with Crippen molar-refractivity contribution in [2.45, 2.75) is 26.9 Å². The summed E-state index contributed by atoms with van der Waals surface area (Å²) in [6.45, 7) is 5.10. The predicted octanol–water partition coefficient (Wildman–Crippen LogP) is 1.59. The third kappa shape index (κ3) is 2.59. The minimum Gasteiger partial charge on any atom is -0.320 e. The second-order valence-corrected chi connectivity index (χ2v) is 5.79. The fraction of sp³-hybridized carbons (Fsp3) is 0.312. The highest BCUT2D eigenvalue weighted by Crippen LogP contribution is 2.11. The maximum Gasteiger partial charge on any atom is 0.330 e. The van der Waals surface area contributed by atoms with Crippen LogP contribution in [0.25, 0.3) is 11.2 Å². The second kappa shape index (κ2) is 5.63. The summed E-state index contributed by atoms with van der Waals surface area (Å²) in [5.74, 6) is 0.283. The maximum atomic E-state index is 12.2. The molecule has 0 saturated heterocycles. The lowest BCUT2D eigenvalue weighted by Gasteiger charge is -2.09. The largest absolute Gasteiger partial charge is 0.330 e. The van der Waals surface area contributed by atoms with Crippen molar-refractivity contribution in [3.8, 4) is 0 Å². The van der Waals surface area contributed by atoms with Gasteiger partial charge in [0, 0.05) is 13.1 Å². The minimum atomic E-state index is -0.406. The number of hydrogen-bond acceptors (Lipinski definition) is 3.